The third-order valence-electron chi connectivity index (χ3n) is 3.05. The molecule has 2 heterocycles. The molecular formula is C11H20N4O3S. The van der Waals surface area contributed by atoms with E-state index in [1.165, 1.54) is 6.20 Å². The van der Waals surface area contributed by atoms with Crippen molar-refractivity contribution < 1.29 is 13.2 Å². The molecule has 1 saturated heterocycles. The summed E-state index contributed by atoms with van der Waals surface area (Å²) >= 11 is 0. The van der Waals surface area contributed by atoms with Crippen molar-refractivity contribution in [2.45, 2.75) is 30.3 Å². The molecule has 2 N–H and O–H groups in total. The molecule has 0 unspecified atom stereocenters. The molecule has 1 fully saturated rings. The van der Waals surface area contributed by atoms with Gasteiger partial charge in [0.1, 0.15) is 4.90 Å². The molecular weight excluding hydrogens is 268 g/mol. The topological polar surface area (TPSA) is 85.2 Å². The van der Waals surface area contributed by atoms with Gasteiger partial charge in [0.25, 0.3) is 0 Å². The molecule has 1 aliphatic rings. The number of ether oxygens (including phenoxy) is 1. The third kappa shape index (κ3) is 4.00. The van der Waals surface area contributed by atoms with Crippen molar-refractivity contribution >= 4 is 10.0 Å². The Balaban J connectivity index is 1.99. The second-order valence-corrected chi connectivity index (χ2v) is 6.26. The van der Waals surface area contributed by atoms with Crippen LogP contribution in [0.4, 0.5) is 0 Å². The maximum absolute atomic E-state index is 12.2. The molecule has 1 aliphatic heterocycles. The molecule has 1 aromatic heterocycles. The van der Waals surface area contributed by atoms with Crippen LogP contribution in [0, 0.1) is 0 Å². The minimum atomic E-state index is -3.47. The molecule has 0 saturated carbocycles. The van der Waals surface area contributed by atoms with Crippen molar-refractivity contribution in [3.8, 4) is 0 Å². The van der Waals surface area contributed by atoms with E-state index in [1.54, 1.807) is 10.9 Å². The molecule has 19 heavy (non-hydrogen) atoms. The maximum atomic E-state index is 12.2. The Morgan fingerprint density at radius 3 is 2.89 bits per heavy atom. The van der Waals surface area contributed by atoms with E-state index in [9.17, 15) is 8.42 Å². The van der Waals surface area contributed by atoms with Gasteiger partial charge in [-0.3, -0.25) is 4.68 Å². The van der Waals surface area contributed by atoms with Gasteiger partial charge in [0.2, 0.25) is 10.0 Å². The van der Waals surface area contributed by atoms with Gasteiger partial charge < -0.3 is 10.1 Å². The predicted molar refractivity (Wildman–Crippen MR) is 70.3 cm³/mol. The van der Waals surface area contributed by atoms with Crippen molar-refractivity contribution in [1.29, 1.82) is 0 Å². The maximum Gasteiger partial charge on any atom is 0.243 e. The molecule has 7 nitrogen and oxygen atoms in total. The number of nitrogens with one attached hydrogen (secondary N) is 2. The van der Waals surface area contributed by atoms with Gasteiger partial charge >= 0.3 is 0 Å². The first-order valence-electron chi connectivity index (χ1n) is 6.39. The lowest BCUT2D eigenvalue weighted by molar-refractivity contribution is 0.0832. The summed E-state index contributed by atoms with van der Waals surface area (Å²) in [5, 5.41) is 7.04. The van der Waals surface area contributed by atoms with Crippen molar-refractivity contribution in [2.24, 2.45) is 0 Å². The normalized spacial score (nSPS) is 17.7. The molecule has 8 heteroatoms. The van der Waals surface area contributed by atoms with Gasteiger partial charge in [-0.15, -0.1) is 0 Å². The fourth-order valence-corrected chi connectivity index (χ4v) is 3.19. The molecule has 0 radical (unpaired) electrons. The number of aromatic nitrogens is 2. The molecule has 0 amide bonds. The second kappa shape index (κ2) is 6.47. The average Bonchev–Trinajstić information content (AvgIpc) is 2.86. The summed E-state index contributed by atoms with van der Waals surface area (Å²) in [6.07, 6.45) is 4.37. The molecule has 2 rings (SSSR count). The van der Waals surface area contributed by atoms with Crippen LogP contribution in [-0.4, -0.2) is 51.0 Å². The summed E-state index contributed by atoms with van der Waals surface area (Å²) in [6.45, 7) is 2.60. The van der Waals surface area contributed by atoms with Crippen LogP contribution in [0.5, 0.6) is 0 Å². The molecule has 108 valence electrons. The lowest BCUT2D eigenvalue weighted by atomic mass is 10.1. The Morgan fingerprint density at radius 2 is 2.21 bits per heavy atom. The van der Waals surface area contributed by atoms with E-state index in [0.29, 0.717) is 32.6 Å². The van der Waals surface area contributed by atoms with E-state index in [2.05, 4.69) is 15.1 Å². The number of rotatable bonds is 6. The number of hydrogen-bond acceptors (Lipinski definition) is 5. The zero-order valence-corrected chi connectivity index (χ0v) is 11.8. The molecule has 1 aromatic rings. The van der Waals surface area contributed by atoms with Crippen LogP contribution < -0.4 is 10.0 Å². The average molecular weight is 288 g/mol. The Morgan fingerprint density at radius 1 is 1.47 bits per heavy atom. The van der Waals surface area contributed by atoms with Gasteiger partial charge in [0.05, 0.1) is 12.7 Å². The van der Waals surface area contributed by atoms with E-state index in [0.717, 1.165) is 6.54 Å². The van der Waals surface area contributed by atoms with Gasteiger partial charge in [-0.05, 0) is 19.9 Å². The fraction of sp³-hybridized carbons (Fsp3) is 0.727. The van der Waals surface area contributed by atoms with Crippen LogP contribution in [0.1, 0.15) is 12.8 Å². The van der Waals surface area contributed by atoms with Crippen molar-refractivity contribution in [2.75, 3.05) is 26.8 Å². The molecule has 0 aromatic carbocycles. The monoisotopic (exact) mass is 288 g/mol. The summed E-state index contributed by atoms with van der Waals surface area (Å²) in [5.74, 6) is 0. The van der Waals surface area contributed by atoms with Crippen LogP contribution in [0.3, 0.4) is 0 Å². The number of likely N-dealkylation sites (N-methyl/N-ethyl adjacent to an activating group) is 1. The Kier molecular flexibility index (Phi) is 4.92. The van der Waals surface area contributed by atoms with E-state index in [-0.39, 0.29) is 10.9 Å². The largest absolute Gasteiger partial charge is 0.381 e. The summed E-state index contributed by atoms with van der Waals surface area (Å²) in [5.41, 5.74) is 0. The van der Waals surface area contributed by atoms with Gasteiger partial charge in [0, 0.05) is 32.0 Å². The van der Waals surface area contributed by atoms with Crippen LogP contribution in [-0.2, 0) is 21.3 Å². The van der Waals surface area contributed by atoms with Crippen LogP contribution in [0.25, 0.3) is 0 Å². The smallest absolute Gasteiger partial charge is 0.243 e. The van der Waals surface area contributed by atoms with E-state index < -0.39 is 10.0 Å². The molecule has 0 bridgehead atoms. The molecule has 0 atom stereocenters. The van der Waals surface area contributed by atoms with Gasteiger partial charge in [0.15, 0.2) is 0 Å². The first-order valence-corrected chi connectivity index (χ1v) is 7.87. The van der Waals surface area contributed by atoms with Gasteiger partial charge in [-0.2, -0.15) is 5.10 Å². The highest BCUT2D eigenvalue weighted by molar-refractivity contribution is 7.89. The quantitative estimate of drug-likeness (QED) is 0.741. The third-order valence-corrected chi connectivity index (χ3v) is 4.53. The van der Waals surface area contributed by atoms with Crippen LogP contribution >= 0.6 is 0 Å². The van der Waals surface area contributed by atoms with Crippen molar-refractivity contribution in [3.05, 3.63) is 12.4 Å². The minimum Gasteiger partial charge on any atom is -0.381 e. The Bertz CT molecular complexity index is 494. The summed E-state index contributed by atoms with van der Waals surface area (Å²) in [4.78, 5) is 0.218. The van der Waals surface area contributed by atoms with Crippen LogP contribution in [0.2, 0.25) is 0 Å². The fourth-order valence-electron chi connectivity index (χ4n) is 1.93. The number of sulfonamides is 1. The van der Waals surface area contributed by atoms with Gasteiger partial charge in [-0.25, -0.2) is 13.1 Å². The highest BCUT2D eigenvalue weighted by atomic mass is 32.2. The van der Waals surface area contributed by atoms with Gasteiger partial charge in [-0.1, -0.05) is 0 Å². The zero-order chi connectivity index (χ0) is 13.7. The first kappa shape index (κ1) is 14.4. The van der Waals surface area contributed by atoms with E-state index in [4.69, 9.17) is 4.74 Å². The molecule has 0 aliphatic carbocycles. The van der Waals surface area contributed by atoms with E-state index >= 15 is 0 Å². The standard InChI is InChI=1S/C11H20N4O3S/c1-12-4-5-15-9-11(8-13-15)19(16,17)14-10-2-6-18-7-3-10/h8-10,12,14H,2-7H2,1H3. The summed E-state index contributed by atoms with van der Waals surface area (Å²) < 4.78 is 33.9. The minimum absolute atomic E-state index is 0.0422. The van der Waals surface area contributed by atoms with Crippen molar-refractivity contribution in [1.82, 2.24) is 19.8 Å². The SMILES string of the molecule is CNCCn1cc(S(=O)(=O)NC2CCOCC2)cn1. The lowest BCUT2D eigenvalue weighted by Gasteiger charge is -2.22. The highest BCUT2D eigenvalue weighted by Gasteiger charge is 2.23. The number of nitrogens with zero attached hydrogens (tertiary/aromatic N) is 2. The zero-order valence-electron chi connectivity index (χ0n) is 11.0. The lowest BCUT2D eigenvalue weighted by Crippen LogP contribution is -2.38. The predicted octanol–water partition coefficient (Wildman–Crippen LogP) is -0.440. The summed E-state index contributed by atoms with van der Waals surface area (Å²) in [6, 6.07) is -0.0422. The molecule has 0 spiro atoms. The van der Waals surface area contributed by atoms with Crippen molar-refractivity contribution in [3.63, 3.8) is 0 Å². The summed E-state index contributed by atoms with van der Waals surface area (Å²) in [7, 11) is -1.63. The van der Waals surface area contributed by atoms with Crippen LogP contribution in [0.15, 0.2) is 17.3 Å². The number of hydrogen-bond donors (Lipinski definition) is 2. The second-order valence-electron chi connectivity index (χ2n) is 4.55. The first-order chi connectivity index (χ1) is 9.12. The highest BCUT2D eigenvalue weighted by Crippen LogP contribution is 2.12. The Labute approximate surface area is 113 Å². The Hall–Kier alpha value is -0.960. The van der Waals surface area contributed by atoms with E-state index in [1.807, 2.05) is 7.05 Å².